The Bertz CT molecular complexity index is 615. The van der Waals surface area contributed by atoms with Gasteiger partial charge in [-0.15, -0.1) is 0 Å². The maximum atomic E-state index is 12.9. The molecule has 0 radical (unpaired) electrons. The number of amides is 2. The molecule has 1 heterocycles. The van der Waals surface area contributed by atoms with E-state index in [4.69, 9.17) is 9.47 Å². The van der Waals surface area contributed by atoms with Crippen molar-refractivity contribution < 1.29 is 14.3 Å². The summed E-state index contributed by atoms with van der Waals surface area (Å²) in [5.41, 5.74) is 1.11. The minimum atomic E-state index is 0.0542. The van der Waals surface area contributed by atoms with E-state index in [0.29, 0.717) is 17.9 Å². The number of hydrogen-bond acceptors (Lipinski definition) is 3. The van der Waals surface area contributed by atoms with E-state index in [2.05, 4.69) is 18.3 Å². The van der Waals surface area contributed by atoms with Crippen LogP contribution in [-0.4, -0.2) is 43.8 Å². The summed E-state index contributed by atoms with van der Waals surface area (Å²) in [6.07, 6.45) is 5.78. The van der Waals surface area contributed by atoms with Gasteiger partial charge in [0.15, 0.2) is 0 Å². The predicted molar refractivity (Wildman–Crippen MR) is 107 cm³/mol. The third-order valence-electron chi connectivity index (χ3n) is 6.05. The number of nitrogens with one attached hydrogen (secondary N) is 1. The van der Waals surface area contributed by atoms with Gasteiger partial charge in [0, 0.05) is 25.3 Å². The molecule has 2 amide bonds. The SMILES string of the molecule is CCOC1CC(CCNC(=O)N2CC[C@H](C)C[C@@H]2c2ccccc2OC)C1. The number of rotatable bonds is 7. The van der Waals surface area contributed by atoms with Crippen molar-refractivity contribution >= 4 is 6.03 Å². The number of likely N-dealkylation sites (tertiary alicyclic amines) is 1. The second-order valence-corrected chi connectivity index (χ2v) is 8.02. The topological polar surface area (TPSA) is 50.8 Å². The first-order valence-electron chi connectivity index (χ1n) is 10.4. The Morgan fingerprint density at radius 1 is 1.26 bits per heavy atom. The highest BCUT2D eigenvalue weighted by atomic mass is 16.5. The number of carbonyl (C=O) groups is 1. The number of hydrogen-bond donors (Lipinski definition) is 1. The lowest BCUT2D eigenvalue weighted by atomic mass is 9.80. The van der Waals surface area contributed by atoms with Gasteiger partial charge in [-0.2, -0.15) is 0 Å². The lowest BCUT2D eigenvalue weighted by molar-refractivity contribution is -0.0262. The molecular weight excluding hydrogens is 340 g/mol. The van der Waals surface area contributed by atoms with Crippen molar-refractivity contribution in [3.63, 3.8) is 0 Å². The first kappa shape index (κ1) is 20.0. The van der Waals surface area contributed by atoms with Crippen molar-refractivity contribution in [1.82, 2.24) is 10.2 Å². The molecule has 1 aromatic carbocycles. The van der Waals surface area contributed by atoms with E-state index in [9.17, 15) is 4.79 Å². The highest BCUT2D eigenvalue weighted by Gasteiger charge is 2.33. The van der Waals surface area contributed by atoms with E-state index in [0.717, 1.165) is 63.1 Å². The Hall–Kier alpha value is -1.75. The lowest BCUT2D eigenvalue weighted by Crippen LogP contribution is -2.46. The van der Waals surface area contributed by atoms with E-state index in [1.54, 1.807) is 7.11 Å². The van der Waals surface area contributed by atoms with Crippen LogP contribution in [0.25, 0.3) is 0 Å². The zero-order valence-corrected chi connectivity index (χ0v) is 16.9. The third kappa shape index (κ3) is 4.95. The van der Waals surface area contributed by atoms with Crippen LogP contribution < -0.4 is 10.1 Å². The lowest BCUT2D eigenvalue weighted by Gasteiger charge is -2.39. The highest BCUT2D eigenvalue weighted by molar-refractivity contribution is 5.75. The van der Waals surface area contributed by atoms with Crippen LogP contribution in [0, 0.1) is 11.8 Å². The van der Waals surface area contributed by atoms with Gasteiger partial charge in [-0.3, -0.25) is 0 Å². The number of carbonyl (C=O) groups excluding carboxylic acids is 1. The van der Waals surface area contributed by atoms with Gasteiger partial charge >= 0.3 is 6.03 Å². The molecule has 1 N–H and O–H groups in total. The summed E-state index contributed by atoms with van der Waals surface area (Å²) in [6, 6.07) is 8.21. The summed E-state index contributed by atoms with van der Waals surface area (Å²) in [4.78, 5) is 14.9. The van der Waals surface area contributed by atoms with Crippen LogP contribution in [0.15, 0.2) is 24.3 Å². The molecule has 5 heteroatoms. The minimum Gasteiger partial charge on any atom is -0.496 e. The molecule has 5 nitrogen and oxygen atoms in total. The predicted octanol–water partition coefficient (Wildman–Crippen LogP) is 4.38. The highest BCUT2D eigenvalue weighted by Crippen LogP contribution is 2.38. The average molecular weight is 375 g/mol. The van der Waals surface area contributed by atoms with Gasteiger partial charge in [0.2, 0.25) is 0 Å². The summed E-state index contributed by atoms with van der Waals surface area (Å²) in [5.74, 6) is 2.16. The second-order valence-electron chi connectivity index (χ2n) is 8.02. The number of piperidine rings is 1. The Morgan fingerprint density at radius 3 is 2.78 bits per heavy atom. The van der Waals surface area contributed by atoms with Gasteiger partial charge in [0.25, 0.3) is 0 Å². The molecule has 27 heavy (non-hydrogen) atoms. The number of benzene rings is 1. The van der Waals surface area contributed by atoms with Crippen LogP contribution in [0.2, 0.25) is 0 Å². The molecule has 2 fully saturated rings. The third-order valence-corrected chi connectivity index (χ3v) is 6.05. The maximum Gasteiger partial charge on any atom is 0.317 e. The van der Waals surface area contributed by atoms with Crippen molar-refractivity contribution in [1.29, 1.82) is 0 Å². The number of para-hydroxylation sites is 1. The van der Waals surface area contributed by atoms with Crippen LogP contribution in [-0.2, 0) is 4.74 Å². The average Bonchev–Trinajstić information content (AvgIpc) is 2.65. The largest absolute Gasteiger partial charge is 0.496 e. The fourth-order valence-electron chi connectivity index (χ4n) is 4.39. The van der Waals surface area contributed by atoms with Crippen LogP contribution in [0.3, 0.4) is 0 Å². The smallest absolute Gasteiger partial charge is 0.317 e. The summed E-state index contributed by atoms with van der Waals surface area (Å²) >= 11 is 0. The zero-order valence-electron chi connectivity index (χ0n) is 16.9. The van der Waals surface area contributed by atoms with E-state index in [1.807, 2.05) is 30.0 Å². The summed E-state index contributed by atoms with van der Waals surface area (Å²) < 4.78 is 11.2. The molecule has 1 saturated carbocycles. The van der Waals surface area contributed by atoms with Crippen molar-refractivity contribution in [3.05, 3.63) is 29.8 Å². The van der Waals surface area contributed by atoms with Gasteiger partial charge in [0.05, 0.1) is 19.3 Å². The molecule has 0 bridgehead atoms. The molecule has 1 aliphatic carbocycles. The molecule has 150 valence electrons. The molecule has 2 aliphatic rings. The van der Waals surface area contributed by atoms with Crippen LogP contribution in [0.1, 0.15) is 57.6 Å². The van der Waals surface area contributed by atoms with Crippen LogP contribution in [0.4, 0.5) is 4.79 Å². The van der Waals surface area contributed by atoms with Crippen molar-refractivity contribution in [2.24, 2.45) is 11.8 Å². The van der Waals surface area contributed by atoms with E-state index < -0.39 is 0 Å². The molecule has 1 aromatic rings. The van der Waals surface area contributed by atoms with Gasteiger partial charge in [0.1, 0.15) is 5.75 Å². The zero-order chi connectivity index (χ0) is 19.2. The Balaban J connectivity index is 1.55. The fourth-order valence-corrected chi connectivity index (χ4v) is 4.39. The molecule has 1 aliphatic heterocycles. The summed E-state index contributed by atoms with van der Waals surface area (Å²) in [6.45, 7) is 6.65. The Morgan fingerprint density at radius 2 is 2.04 bits per heavy atom. The molecule has 0 spiro atoms. The van der Waals surface area contributed by atoms with Crippen LogP contribution >= 0.6 is 0 Å². The maximum absolute atomic E-state index is 12.9. The molecule has 2 atom stereocenters. The molecule has 0 aromatic heterocycles. The normalized spacial score (nSPS) is 27.7. The monoisotopic (exact) mass is 374 g/mol. The Kier molecular flexibility index (Phi) is 7.00. The Labute approximate surface area is 163 Å². The van der Waals surface area contributed by atoms with Crippen molar-refractivity contribution in [2.75, 3.05) is 26.8 Å². The van der Waals surface area contributed by atoms with Crippen LogP contribution in [0.5, 0.6) is 5.75 Å². The van der Waals surface area contributed by atoms with Gasteiger partial charge in [-0.1, -0.05) is 25.1 Å². The number of urea groups is 1. The van der Waals surface area contributed by atoms with E-state index in [1.165, 1.54) is 0 Å². The first-order chi connectivity index (χ1) is 13.1. The van der Waals surface area contributed by atoms with E-state index >= 15 is 0 Å². The van der Waals surface area contributed by atoms with Crippen molar-refractivity contribution in [3.8, 4) is 5.75 Å². The fraction of sp³-hybridized carbons (Fsp3) is 0.682. The molecule has 1 saturated heterocycles. The van der Waals surface area contributed by atoms with Gasteiger partial charge < -0.3 is 19.7 Å². The number of ether oxygens (including phenoxy) is 2. The molecular formula is C22H34N2O3. The van der Waals surface area contributed by atoms with Crippen molar-refractivity contribution in [2.45, 2.75) is 58.1 Å². The number of methoxy groups -OCH3 is 1. The first-order valence-corrected chi connectivity index (χ1v) is 10.4. The summed E-state index contributed by atoms with van der Waals surface area (Å²) in [5, 5.41) is 3.16. The van der Waals surface area contributed by atoms with E-state index in [-0.39, 0.29) is 12.1 Å². The van der Waals surface area contributed by atoms with Gasteiger partial charge in [-0.25, -0.2) is 4.79 Å². The molecule has 0 unspecified atom stereocenters. The summed E-state index contributed by atoms with van der Waals surface area (Å²) in [7, 11) is 1.70. The number of nitrogens with zero attached hydrogens (tertiary/aromatic N) is 1. The standard InChI is InChI=1S/C22H34N2O3/c1-4-27-18-14-17(15-18)9-11-23-22(25)24-12-10-16(2)13-20(24)19-7-5-6-8-21(19)26-3/h5-8,16-18,20H,4,9-15H2,1-3H3,(H,23,25)/t16-,17?,18?,20+/m0/s1. The minimum absolute atomic E-state index is 0.0542. The second kappa shape index (κ2) is 9.45. The molecule has 3 rings (SSSR count). The quantitative estimate of drug-likeness (QED) is 0.770. The van der Waals surface area contributed by atoms with Gasteiger partial charge in [-0.05, 0) is 56.9 Å².